The van der Waals surface area contributed by atoms with Crippen molar-refractivity contribution in [3.63, 3.8) is 0 Å². The summed E-state index contributed by atoms with van der Waals surface area (Å²) < 4.78 is 138. The molecular formula is C47H59N3O18S3-2. The molecule has 0 bridgehead atoms. The third-order valence-corrected chi connectivity index (χ3v) is 14.6. The van der Waals surface area contributed by atoms with Crippen LogP contribution in [0.1, 0.15) is 63.5 Å². The fourth-order valence-electron chi connectivity index (χ4n) is 8.62. The first-order valence-electron chi connectivity index (χ1n) is 22.6. The van der Waals surface area contributed by atoms with E-state index in [9.17, 15) is 53.3 Å². The van der Waals surface area contributed by atoms with Gasteiger partial charge in [0.05, 0.1) is 71.4 Å². The highest BCUT2D eigenvalue weighted by atomic mass is 32.2. The van der Waals surface area contributed by atoms with Gasteiger partial charge in [-0.1, -0.05) is 30.4 Å². The van der Waals surface area contributed by atoms with E-state index in [1.54, 1.807) is 56.6 Å². The lowest BCUT2D eigenvalue weighted by molar-refractivity contribution is -0.442. The summed E-state index contributed by atoms with van der Waals surface area (Å²) in [4.78, 5) is 42.0. The molecule has 0 radical (unpaired) electrons. The summed E-state index contributed by atoms with van der Waals surface area (Å²) in [6.45, 7) is 5.98. The van der Waals surface area contributed by atoms with E-state index in [2.05, 4.69) is 0 Å². The van der Waals surface area contributed by atoms with Crippen molar-refractivity contribution in [1.29, 1.82) is 0 Å². The van der Waals surface area contributed by atoms with Gasteiger partial charge in [-0.3, -0.25) is 9.59 Å². The average Bonchev–Trinajstić information content (AvgIpc) is 3.83. The van der Waals surface area contributed by atoms with Gasteiger partial charge in [-0.2, -0.15) is 4.58 Å². The lowest BCUT2D eigenvalue weighted by Crippen LogP contribution is -2.33. The quantitative estimate of drug-likeness (QED) is 0.0371. The molecule has 3 aliphatic heterocycles. The van der Waals surface area contributed by atoms with Crippen LogP contribution in [-0.4, -0.2) is 158 Å². The molecule has 1 fully saturated rings. The van der Waals surface area contributed by atoms with Gasteiger partial charge in [0.15, 0.2) is 12.3 Å². The van der Waals surface area contributed by atoms with Crippen LogP contribution in [0.4, 0.5) is 11.4 Å². The van der Waals surface area contributed by atoms with Crippen molar-refractivity contribution in [2.24, 2.45) is 0 Å². The Bertz CT molecular complexity index is 2750. The van der Waals surface area contributed by atoms with Gasteiger partial charge in [0.25, 0.3) is 11.8 Å². The van der Waals surface area contributed by atoms with Crippen molar-refractivity contribution in [2.45, 2.75) is 73.0 Å². The zero-order valence-electron chi connectivity index (χ0n) is 39.9. The lowest BCUT2D eigenvalue weighted by Gasteiger charge is -2.30. The summed E-state index contributed by atoms with van der Waals surface area (Å²) in [5, 5.41) is 0.458. The molecule has 2 aromatic carbocycles. The molecule has 0 aromatic heterocycles. The Hall–Kier alpha value is -4.99. The number of ether oxygens (including phenoxy) is 5. The predicted molar refractivity (Wildman–Crippen MR) is 253 cm³/mol. The molecule has 5 rings (SSSR count). The molecule has 0 saturated carbocycles. The average molecular weight is 1050 g/mol. The van der Waals surface area contributed by atoms with Crippen LogP contribution < -0.4 is 4.90 Å². The molecule has 2 unspecified atom stereocenters. The van der Waals surface area contributed by atoms with E-state index in [0.29, 0.717) is 65.2 Å². The summed E-state index contributed by atoms with van der Waals surface area (Å²) in [7, 11) is -11.2. The summed E-state index contributed by atoms with van der Waals surface area (Å²) in [5.74, 6) is -2.70. The standard InChI is InChI=1S/C47H61N3O18S3/c1-46(20-10-32-69(54,55)56)37-33-35(70(57,58)59)13-15-39(37)48(23-27-66-30-31-67-29-28-64-4)41(46)11-8-6-5-7-9-12-42-47(2,21-25-63-3)38-34-36(71(60,61)62)14-16-40(38)49(42)22-26-65-24-19-45(53)68-50-43(51)17-18-44(50)52/h5-9,11-16,33-34H,10,17-32H2,1-4H3,(H2-,54,55,56,57,58,59,60,61,62)/p-2. The third-order valence-electron chi connectivity index (χ3n) is 12.2. The van der Waals surface area contributed by atoms with Crippen molar-refractivity contribution in [2.75, 3.05) is 90.8 Å². The summed E-state index contributed by atoms with van der Waals surface area (Å²) in [6.07, 6.45) is 12.3. The number of hydrogen-bond donors (Lipinski definition) is 0. The first kappa shape index (κ1) is 56.9. The Morgan fingerprint density at radius 3 is 1.94 bits per heavy atom. The molecule has 0 N–H and O–H groups in total. The smallest absolute Gasteiger partial charge is 0.335 e. The summed E-state index contributed by atoms with van der Waals surface area (Å²) >= 11 is 0. The van der Waals surface area contributed by atoms with Crippen molar-refractivity contribution < 1.29 is 86.4 Å². The molecule has 390 valence electrons. The molecule has 1 saturated heterocycles. The van der Waals surface area contributed by atoms with Crippen LogP contribution in [0.5, 0.6) is 0 Å². The highest BCUT2D eigenvalue weighted by molar-refractivity contribution is 7.86. The second kappa shape index (κ2) is 25.1. The lowest BCUT2D eigenvalue weighted by atomic mass is 9.76. The molecule has 3 aliphatic rings. The number of carbonyl (C=O) groups is 3. The van der Waals surface area contributed by atoms with Crippen molar-refractivity contribution in [3.8, 4) is 0 Å². The fourth-order valence-corrected chi connectivity index (χ4v) is 10.1. The number of rotatable bonds is 29. The van der Waals surface area contributed by atoms with Gasteiger partial charge in [0, 0.05) is 80.5 Å². The number of carbonyl (C=O) groups excluding carboxylic acids is 3. The number of hydrogen-bond acceptors (Lipinski definition) is 19. The van der Waals surface area contributed by atoms with Gasteiger partial charge in [0.1, 0.15) is 26.8 Å². The monoisotopic (exact) mass is 1050 g/mol. The predicted octanol–water partition coefficient (Wildman–Crippen LogP) is 3.24. The van der Waals surface area contributed by atoms with E-state index in [-0.39, 0.29) is 78.2 Å². The normalized spacial score (nSPS) is 20.2. The molecule has 0 aliphatic carbocycles. The maximum atomic E-state index is 12.4. The second-order valence-corrected chi connectivity index (χ2v) is 21.3. The minimum absolute atomic E-state index is 0.0440. The van der Waals surface area contributed by atoms with Gasteiger partial charge in [-0.25, -0.2) is 30.0 Å². The van der Waals surface area contributed by atoms with Crippen molar-refractivity contribution >= 4 is 65.2 Å². The second-order valence-electron chi connectivity index (χ2n) is 17.0. The van der Waals surface area contributed by atoms with E-state index in [4.69, 9.17) is 28.5 Å². The van der Waals surface area contributed by atoms with Gasteiger partial charge >= 0.3 is 5.97 Å². The van der Waals surface area contributed by atoms with Crippen molar-refractivity contribution in [1.82, 2.24) is 5.06 Å². The SMILES string of the molecule is COCCOCCOCC[N+]1=C(/C=C/C=C/C=C/C=C2/N(CCOCCC(=O)ON3C(=O)CCC3=O)c3ccc(S(=O)(=O)[O-])cc3C2(C)CCOC)C(C)(CCCS(=O)(=O)[O-])c2cc(S(=O)(=O)[O-])ccc21. The zero-order chi connectivity index (χ0) is 52.0. The van der Waals surface area contributed by atoms with Crippen LogP contribution in [0.25, 0.3) is 0 Å². The molecular weight excluding hydrogens is 991 g/mol. The minimum Gasteiger partial charge on any atom is -0.748 e. The molecule has 2 atom stereocenters. The van der Waals surface area contributed by atoms with Gasteiger partial charge in [0.2, 0.25) is 5.69 Å². The highest BCUT2D eigenvalue weighted by Crippen LogP contribution is 2.51. The Balaban J connectivity index is 1.41. The summed E-state index contributed by atoms with van der Waals surface area (Å²) in [6, 6.07) is 8.14. The maximum absolute atomic E-state index is 12.4. The Morgan fingerprint density at radius 2 is 1.30 bits per heavy atom. The third kappa shape index (κ3) is 15.0. The van der Waals surface area contributed by atoms with E-state index < -0.39 is 74.5 Å². The minimum atomic E-state index is -4.88. The highest BCUT2D eigenvalue weighted by Gasteiger charge is 2.48. The fraction of sp³-hybridized carbons (Fsp3) is 0.489. The molecule has 2 aromatic rings. The molecule has 71 heavy (non-hydrogen) atoms. The van der Waals surface area contributed by atoms with E-state index in [0.717, 1.165) is 0 Å². The van der Waals surface area contributed by atoms with Crippen LogP contribution in [-0.2, 0) is 84.1 Å². The van der Waals surface area contributed by atoms with Crippen LogP contribution in [0.3, 0.4) is 0 Å². The van der Waals surface area contributed by atoms with Crippen LogP contribution in [0.15, 0.2) is 94.4 Å². The van der Waals surface area contributed by atoms with Crippen LogP contribution in [0, 0.1) is 0 Å². The number of allylic oxidation sites excluding steroid dienone is 8. The van der Waals surface area contributed by atoms with Crippen LogP contribution >= 0.6 is 0 Å². The number of anilines is 1. The Labute approximate surface area is 414 Å². The Morgan fingerprint density at radius 1 is 0.704 bits per heavy atom. The molecule has 2 amide bonds. The van der Waals surface area contributed by atoms with Crippen molar-refractivity contribution in [3.05, 3.63) is 95.8 Å². The van der Waals surface area contributed by atoms with Gasteiger partial charge < -0.3 is 47.1 Å². The number of nitrogens with zero attached hydrogens (tertiary/aromatic N) is 3. The largest absolute Gasteiger partial charge is 0.748 e. The number of hydroxylamine groups is 2. The van der Waals surface area contributed by atoms with Gasteiger partial charge in [-0.15, -0.1) is 5.06 Å². The summed E-state index contributed by atoms with van der Waals surface area (Å²) in [5.41, 5.74) is 1.58. The van der Waals surface area contributed by atoms with E-state index >= 15 is 0 Å². The van der Waals surface area contributed by atoms with E-state index in [1.165, 1.54) is 37.4 Å². The number of benzene rings is 2. The molecule has 3 heterocycles. The number of fused-ring (bicyclic) bond motifs is 2. The Kier molecular flexibility index (Phi) is 20.1. The zero-order valence-corrected chi connectivity index (χ0v) is 42.4. The number of methoxy groups -OCH3 is 2. The molecule has 24 heteroatoms. The topological polar surface area (TPSA) is 288 Å². The first-order chi connectivity index (χ1) is 33.5. The van der Waals surface area contributed by atoms with E-state index in [1.807, 2.05) is 22.5 Å². The maximum Gasteiger partial charge on any atom is 0.335 e. The van der Waals surface area contributed by atoms with Crippen LogP contribution in [0.2, 0.25) is 0 Å². The first-order valence-corrected chi connectivity index (χ1v) is 27.0. The number of amides is 2. The number of imide groups is 1. The molecule has 0 spiro atoms. The van der Waals surface area contributed by atoms with Gasteiger partial charge in [-0.05, 0) is 75.1 Å². The molecule has 21 nitrogen and oxygen atoms in total.